The first-order valence-electron chi connectivity index (χ1n) is 10.0. The normalized spacial score (nSPS) is 16.2. The van der Waals surface area contributed by atoms with Crippen molar-refractivity contribution >= 4 is 9.84 Å². The van der Waals surface area contributed by atoms with Crippen molar-refractivity contribution in [3.63, 3.8) is 0 Å². The van der Waals surface area contributed by atoms with Crippen molar-refractivity contribution in [3.05, 3.63) is 107 Å². The lowest BCUT2D eigenvalue weighted by Gasteiger charge is -2.47. The molecule has 0 saturated carbocycles. The van der Waals surface area contributed by atoms with Crippen molar-refractivity contribution in [2.45, 2.75) is 11.3 Å². The van der Waals surface area contributed by atoms with Gasteiger partial charge < -0.3 is 0 Å². The average Bonchev–Trinajstić information content (AvgIpc) is 2.67. The Labute approximate surface area is 184 Å². The molecule has 8 heteroatoms. The standard InChI is InChI=1S/C24H21F4NO2S/c1-32(30,31)24(17-10-21(27)12-22(28)11-17)18-13-29(14-18)23(15-2-6-19(25)7-3-15)16-4-8-20(26)9-5-16/h2-12,18,23-24H,13-14H2,1H3/t24-/m0/s1. The molecule has 0 spiro atoms. The number of sulfone groups is 1. The monoisotopic (exact) mass is 463 g/mol. The second kappa shape index (κ2) is 8.67. The van der Waals surface area contributed by atoms with Gasteiger partial charge in [0.05, 0.1) is 11.3 Å². The van der Waals surface area contributed by atoms with Crippen molar-refractivity contribution in [1.82, 2.24) is 4.90 Å². The van der Waals surface area contributed by atoms with Gasteiger partial charge in [0.2, 0.25) is 0 Å². The van der Waals surface area contributed by atoms with Crippen molar-refractivity contribution in [2.75, 3.05) is 19.3 Å². The molecule has 1 aliphatic rings. The van der Waals surface area contributed by atoms with Crippen LogP contribution in [0.4, 0.5) is 17.6 Å². The van der Waals surface area contributed by atoms with Crippen LogP contribution in [0.1, 0.15) is 28.0 Å². The predicted octanol–water partition coefficient (Wildman–Crippen LogP) is 5.05. The van der Waals surface area contributed by atoms with E-state index in [2.05, 4.69) is 0 Å². The van der Waals surface area contributed by atoms with Gasteiger partial charge in [0.1, 0.15) is 23.3 Å². The van der Waals surface area contributed by atoms with Crippen LogP contribution >= 0.6 is 0 Å². The molecule has 1 fully saturated rings. The summed E-state index contributed by atoms with van der Waals surface area (Å²) in [7, 11) is -3.66. The van der Waals surface area contributed by atoms with Crippen LogP contribution in [-0.4, -0.2) is 32.7 Å². The lowest BCUT2D eigenvalue weighted by atomic mass is 9.86. The van der Waals surface area contributed by atoms with Gasteiger partial charge >= 0.3 is 0 Å². The van der Waals surface area contributed by atoms with Gasteiger partial charge in [-0.05, 0) is 53.1 Å². The predicted molar refractivity (Wildman–Crippen MR) is 114 cm³/mol. The summed E-state index contributed by atoms with van der Waals surface area (Å²) < 4.78 is 79.5. The van der Waals surface area contributed by atoms with Crippen LogP contribution in [-0.2, 0) is 9.84 Å². The van der Waals surface area contributed by atoms with Gasteiger partial charge in [-0.25, -0.2) is 26.0 Å². The summed E-state index contributed by atoms with van der Waals surface area (Å²) in [5, 5.41) is -1.06. The largest absolute Gasteiger partial charge is 0.292 e. The molecule has 0 bridgehead atoms. The molecule has 3 aromatic carbocycles. The Morgan fingerprint density at radius 2 is 1.16 bits per heavy atom. The van der Waals surface area contributed by atoms with Gasteiger partial charge in [-0.1, -0.05) is 24.3 Å². The molecular formula is C24H21F4NO2S. The third kappa shape index (κ3) is 4.71. The summed E-state index contributed by atoms with van der Waals surface area (Å²) in [4.78, 5) is 1.99. The highest BCUT2D eigenvalue weighted by Gasteiger charge is 2.43. The Balaban J connectivity index is 1.64. The van der Waals surface area contributed by atoms with Gasteiger partial charge in [0.25, 0.3) is 0 Å². The fourth-order valence-electron chi connectivity index (χ4n) is 4.46. The van der Waals surface area contributed by atoms with E-state index < -0.39 is 44.3 Å². The summed E-state index contributed by atoms with van der Waals surface area (Å²) in [5.41, 5.74) is 1.61. The number of hydrogen-bond donors (Lipinski definition) is 0. The minimum atomic E-state index is -3.66. The van der Waals surface area contributed by atoms with E-state index in [0.717, 1.165) is 29.5 Å². The van der Waals surface area contributed by atoms with E-state index in [0.29, 0.717) is 19.2 Å². The summed E-state index contributed by atoms with van der Waals surface area (Å²) >= 11 is 0. The molecule has 3 nitrogen and oxygen atoms in total. The van der Waals surface area contributed by atoms with Crippen LogP contribution in [0.3, 0.4) is 0 Å². The minimum absolute atomic E-state index is 0.0785. The van der Waals surface area contributed by atoms with E-state index >= 15 is 0 Å². The summed E-state index contributed by atoms with van der Waals surface area (Å²) in [6.07, 6.45) is 1.06. The Bertz CT molecular complexity index is 1140. The van der Waals surface area contributed by atoms with Crippen LogP contribution in [0.5, 0.6) is 0 Å². The first kappa shape index (κ1) is 22.5. The summed E-state index contributed by atoms with van der Waals surface area (Å²) in [6, 6.07) is 14.3. The van der Waals surface area contributed by atoms with Crippen LogP contribution in [0.15, 0.2) is 66.7 Å². The van der Waals surface area contributed by atoms with E-state index in [1.165, 1.54) is 24.3 Å². The number of halogens is 4. The molecule has 1 atom stereocenters. The second-order valence-electron chi connectivity index (χ2n) is 8.17. The molecule has 32 heavy (non-hydrogen) atoms. The maximum absolute atomic E-state index is 13.8. The lowest BCUT2D eigenvalue weighted by molar-refractivity contribution is 0.0654. The third-order valence-corrected chi connectivity index (χ3v) is 7.36. The molecule has 1 saturated heterocycles. The average molecular weight is 463 g/mol. The summed E-state index contributed by atoms with van der Waals surface area (Å²) in [6.45, 7) is 0.657. The molecule has 0 aromatic heterocycles. The highest BCUT2D eigenvalue weighted by atomic mass is 32.2. The molecule has 0 unspecified atom stereocenters. The van der Waals surface area contributed by atoms with Crippen molar-refractivity contribution in [2.24, 2.45) is 5.92 Å². The number of benzene rings is 3. The lowest BCUT2D eigenvalue weighted by Crippen LogP contribution is -2.52. The highest BCUT2D eigenvalue weighted by Crippen LogP contribution is 2.42. The van der Waals surface area contributed by atoms with E-state index in [1.54, 1.807) is 24.3 Å². The van der Waals surface area contributed by atoms with Gasteiger partial charge in [0.15, 0.2) is 9.84 Å². The number of hydrogen-bond acceptors (Lipinski definition) is 3. The van der Waals surface area contributed by atoms with Crippen LogP contribution in [0.2, 0.25) is 0 Å². The van der Waals surface area contributed by atoms with Gasteiger partial charge in [0, 0.05) is 31.3 Å². The number of likely N-dealkylation sites (tertiary alicyclic amines) is 1. The maximum Gasteiger partial charge on any atom is 0.154 e. The maximum atomic E-state index is 13.8. The molecule has 3 aromatic rings. The number of nitrogens with zero attached hydrogens (tertiary/aromatic N) is 1. The second-order valence-corrected chi connectivity index (χ2v) is 10.3. The zero-order valence-corrected chi connectivity index (χ0v) is 18.0. The topological polar surface area (TPSA) is 37.4 Å². The van der Waals surface area contributed by atoms with E-state index in [9.17, 15) is 26.0 Å². The third-order valence-electron chi connectivity index (χ3n) is 5.78. The zero-order valence-electron chi connectivity index (χ0n) is 17.2. The van der Waals surface area contributed by atoms with Gasteiger partial charge in [-0.2, -0.15) is 0 Å². The van der Waals surface area contributed by atoms with Crippen LogP contribution in [0.25, 0.3) is 0 Å². The quantitative estimate of drug-likeness (QED) is 0.480. The smallest absolute Gasteiger partial charge is 0.154 e. The Hall–Kier alpha value is -2.71. The molecule has 168 valence electrons. The molecule has 0 aliphatic carbocycles. The number of rotatable bonds is 6. The SMILES string of the molecule is CS(=O)(=O)[C@@H](c1cc(F)cc(F)c1)C1CN(C(c2ccc(F)cc2)c2ccc(F)cc2)C1. The molecule has 1 heterocycles. The molecule has 0 radical (unpaired) electrons. The van der Waals surface area contributed by atoms with E-state index in [4.69, 9.17) is 0 Å². The van der Waals surface area contributed by atoms with Crippen LogP contribution in [0, 0.1) is 29.2 Å². The molecule has 4 rings (SSSR count). The first-order chi connectivity index (χ1) is 15.1. The highest BCUT2D eigenvalue weighted by molar-refractivity contribution is 7.90. The molecule has 0 N–H and O–H groups in total. The van der Waals surface area contributed by atoms with Gasteiger partial charge in [-0.15, -0.1) is 0 Å². The Morgan fingerprint density at radius 3 is 1.56 bits per heavy atom. The van der Waals surface area contributed by atoms with Crippen molar-refractivity contribution in [1.29, 1.82) is 0 Å². The van der Waals surface area contributed by atoms with E-state index in [-0.39, 0.29) is 11.6 Å². The van der Waals surface area contributed by atoms with Gasteiger partial charge in [-0.3, -0.25) is 4.90 Å². The zero-order chi connectivity index (χ0) is 23.0. The molecular weight excluding hydrogens is 442 g/mol. The van der Waals surface area contributed by atoms with E-state index in [1.807, 2.05) is 4.90 Å². The Morgan fingerprint density at radius 1 is 0.719 bits per heavy atom. The summed E-state index contributed by atoms with van der Waals surface area (Å²) in [5.74, 6) is -2.84. The fraction of sp³-hybridized carbons (Fsp3) is 0.250. The molecule has 0 amide bonds. The fourth-order valence-corrected chi connectivity index (χ4v) is 5.97. The Kier molecular flexibility index (Phi) is 6.09. The first-order valence-corrected chi connectivity index (χ1v) is 12.0. The van der Waals surface area contributed by atoms with Crippen molar-refractivity contribution in [3.8, 4) is 0 Å². The van der Waals surface area contributed by atoms with Crippen LogP contribution < -0.4 is 0 Å². The molecule has 1 aliphatic heterocycles. The van der Waals surface area contributed by atoms with Crippen molar-refractivity contribution < 1.29 is 26.0 Å². The minimum Gasteiger partial charge on any atom is -0.292 e.